The Balaban J connectivity index is 2.86. The van der Waals surface area contributed by atoms with Crippen LogP contribution in [0.1, 0.15) is 17.8 Å². The molecule has 1 aromatic rings. The maximum Gasteiger partial charge on any atom is 0.200 e. The molecular weight excluding hydrogens is 170 g/mol. The molecule has 1 aromatic heterocycles. The van der Waals surface area contributed by atoms with Gasteiger partial charge in [0.05, 0.1) is 12.2 Å². The summed E-state index contributed by atoms with van der Waals surface area (Å²) >= 11 is 0. The maximum absolute atomic E-state index is 5.40. The van der Waals surface area contributed by atoms with Crippen molar-refractivity contribution in [3.63, 3.8) is 0 Å². The highest BCUT2D eigenvalue weighted by molar-refractivity contribution is 5.03. The van der Waals surface area contributed by atoms with Crippen LogP contribution in [0.2, 0.25) is 0 Å². The third-order valence-electron chi connectivity index (χ3n) is 1.58. The fourth-order valence-electron chi connectivity index (χ4n) is 0.982. The predicted molar refractivity (Wildman–Crippen MR) is 46.7 cm³/mol. The molecule has 0 aromatic carbocycles. The predicted octanol–water partition coefficient (Wildman–Crippen LogP) is 0.227. The number of nitrogens with zero attached hydrogens (tertiary/aromatic N) is 2. The molecule has 0 aliphatic heterocycles. The third-order valence-corrected chi connectivity index (χ3v) is 1.58. The van der Waals surface area contributed by atoms with Gasteiger partial charge in [-0.05, 0) is 6.07 Å². The highest BCUT2D eigenvalue weighted by Gasteiger charge is 2.10. The lowest BCUT2D eigenvalue weighted by atomic mass is 10.4. The second-order valence-corrected chi connectivity index (χ2v) is 2.41. The summed E-state index contributed by atoms with van der Waals surface area (Å²) in [6.07, 6.45) is 1.18. The van der Waals surface area contributed by atoms with Crippen molar-refractivity contribution in [2.45, 2.75) is 12.8 Å². The summed E-state index contributed by atoms with van der Waals surface area (Å²) in [5, 5.41) is 0. The molecule has 13 heavy (non-hydrogen) atoms. The lowest BCUT2D eigenvalue weighted by Crippen LogP contribution is -2.10. The number of hydrogen-bond acceptors (Lipinski definition) is 5. The van der Waals surface area contributed by atoms with Crippen LogP contribution in [0.25, 0.3) is 0 Å². The molecule has 0 amide bonds. The fraction of sp³-hybridized carbons (Fsp3) is 0.500. The first-order valence-corrected chi connectivity index (χ1v) is 3.89. The average molecular weight is 183 g/mol. The van der Waals surface area contributed by atoms with E-state index in [-0.39, 0.29) is 0 Å². The molecule has 0 spiro atoms. The summed E-state index contributed by atoms with van der Waals surface area (Å²) in [5.41, 5.74) is 6.08. The molecule has 0 saturated heterocycles. The zero-order valence-corrected chi connectivity index (χ0v) is 7.73. The Morgan fingerprint density at radius 1 is 1.46 bits per heavy atom. The van der Waals surface area contributed by atoms with Gasteiger partial charge < -0.3 is 15.2 Å². The Morgan fingerprint density at radius 2 is 2.15 bits per heavy atom. The molecule has 72 valence electrons. The normalized spacial score (nSPS) is 10.8. The fourth-order valence-corrected chi connectivity index (χ4v) is 0.982. The van der Waals surface area contributed by atoms with E-state index >= 15 is 0 Å². The van der Waals surface area contributed by atoms with Crippen molar-refractivity contribution in [1.29, 1.82) is 0 Å². The molecule has 0 radical (unpaired) electrons. The Morgan fingerprint density at radius 3 is 2.69 bits per heavy atom. The number of rotatable bonds is 4. The molecule has 0 atom stereocenters. The molecular formula is C8H13N3O2. The molecule has 5 nitrogen and oxygen atoms in total. The van der Waals surface area contributed by atoms with Gasteiger partial charge in [-0.2, -0.15) is 0 Å². The van der Waals surface area contributed by atoms with E-state index in [0.29, 0.717) is 18.1 Å². The highest BCUT2D eigenvalue weighted by atomic mass is 16.7. The molecule has 1 rings (SSSR count). The van der Waals surface area contributed by atoms with Crippen LogP contribution < -0.4 is 5.73 Å². The molecule has 1 heterocycles. The molecule has 0 aliphatic rings. The zero-order chi connectivity index (χ0) is 9.68. The Hall–Kier alpha value is -1.04. The van der Waals surface area contributed by atoms with E-state index in [1.54, 1.807) is 26.5 Å². The van der Waals surface area contributed by atoms with Gasteiger partial charge in [0.25, 0.3) is 0 Å². The van der Waals surface area contributed by atoms with Gasteiger partial charge in [-0.3, -0.25) is 0 Å². The molecule has 2 N–H and O–H groups in total. The van der Waals surface area contributed by atoms with Crippen molar-refractivity contribution in [1.82, 2.24) is 9.97 Å². The summed E-state index contributed by atoms with van der Waals surface area (Å²) in [6, 6.07) is 1.73. The molecule has 0 unspecified atom stereocenters. The first-order chi connectivity index (χ1) is 6.31. The molecule has 0 fully saturated rings. The minimum atomic E-state index is -0.451. The lowest BCUT2D eigenvalue weighted by molar-refractivity contribution is -0.108. The standard InChI is InChI=1S/C8H13N3O2/c1-12-8(13-2)6-3-4-10-7(5-9)11-6/h3-4,8H,5,9H2,1-2H3. The number of nitrogens with two attached hydrogens (primary N) is 1. The van der Waals surface area contributed by atoms with Crippen LogP contribution in [-0.4, -0.2) is 24.2 Å². The Labute approximate surface area is 76.9 Å². The van der Waals surface area contributed by atoms with E-state index < -0.39 is 6.29 Å². The maximum atomic E-state index is 5.40. The van der Waals surface area contributed by atoms with Crippen LogP contribution >= 0.6 is 0 Å². The van der Waals surface area contributed by atoms with E-state index in [9.17, 15) is 0 Å². The minimum Gasteiger partial charge on any atom is -0.350 e. The van der Waals surface area contributed by atoms with Crippen LogP contribution in [0.3, 0.4) is 0 Å². The largest absolute Gasteiger partial charge is 0.350 e. The van der Waals surface area contributed by atoms with Crippen LogP contribution in [0.4, 0.5) is 0 Å². The van der Waals surface area contributed by atoms with E-state index in [1.165, 1.54) is 0 Å². The van der Waals surface area contributed by atoms with E-state index in [4.69, 9.17) is 15.2 Å². The topological polar surface area (TPSA) is 70.3 Å². The van der Waals surface area contributed by atoms with Crippen LogP contribution in [-0.2, 0) is 16.0 Å². The third kappa shape index (κ3) is 2.45. The van der Waals surface area contributed by atoms with Gasteiger partial charge in [-0.1, -0.05) is 0 Å². The van der Waals surface area contributed by atoms with Crippen LogP contribution in [0.15, 0.2) is 12.3 Å². The second kappa shape index (κ2) is 4.86. The van der Waals surface area contributed by atoms with Crippen molar-refractivity contribution >= 4 is 0 Å². The Kier molecular flexibility index (Phi) is 3.75. The van der Waals surface area contributed by atoms with Crippen LogP contribution in [0, 0.1) is 0 Å². The van der Waals surface area contributed by atoms with E-state index in [1.807, 2.05) is 0 Å². The average Bonchev–Trinajstić information content (AvgIpc) is 2.20. The summed E-state index contributed by atoms with van der Waals surface area (Å²) < 4.78 is 10.1. The summed E-state index contributed by atoms with van der Waals surface area (Å²) in [5.74, 6) is 0.580. The quantitative estimate of drug-likeness (QED) is 0.676. The zero-order valence-electron chi connectivity index (χ0n) is 7.73. The van der Waals surface area contributed by atoms with Crippen molar-refractivity contribution in [2.75, 3.05) is 14.2 Å². The lowest BCUT2D eigenvalue weighted by Gasteiger charge is -2.12. The van der Waals surface area contributed by atoms with Gasteiger partial charge in [0, 0.05) is 20.4 Å². The number of methoxy groups -OCH3 is 2. The smallest absolute Gasteiger partial charge is 0.200 e. The first kappa shape index (κ1) is 10.0. The van der Waals surface area contributed by atoms with Gasteiger partial charge in [0.15, 0.2) is 0 Å². The second-order valence-electron chi connectivity index (χ2n) is 2.41. The number of hydrogen-bond donors (Lipinski definition) is 1. The molecule has 0 aliphatic carbocycles. The Bertz CT molecular complexity index is 263. The molecule has 0 saturated carbocycles. The molecule has 0 bridgehead atoms. The van der Waals surface area contributed by atoms with Gasteiger partial charge in [-0.25, -0.2) is 9.97 Å². The van der Waals surface area contributed by atoms with Crippen molar-refractivity contribution < 1.29 is 9.47 Å². The van der Waals surface area contributed by atoms with Crippen molar-refractivity contribution in [3.8, 4) is 0 Å². The van der Waals surface area contributed by atoms with Gasteiger partial charge in [0.2, 0.25) is 6.29 Å². The van der Waals surface area contributed by atoms with Gasteiger partial charge in [-0.15, -0.1) is 0 Å². The number of aromatic nitrogens is 2. The summed E-state index contributed by atoms with van der Waals surface area (Å²) in [7, 11) is 3.11. The first-order valence-electron chi connectivity index (χ1n) is 3.89. The molecule has 5 heteroatoms. The van der Waals surface area contributed by atoms with Crippen molar-refractivity contribution in [2.24, 2.45) is 5.73 Å². The van der Waals surface area contributed by atoms with Gasteiger partial charge in [0.1, 0.15) is 5.82 Å². The SMILES string of the molecule is COC(OC)c1ccnc(CN)n1. The van der Waals surface area contributed by atoms with Crippen LogP contribution in [0.5, 0.6) is 0 Å². The van der Waals surface area contributed by atoms with Crippen molar-refractivity contribution in [3.05, 3.63) is 23.8 Å². The summed E-state index contributed by atoms with van der Waals surface area (Å²) in [4.78, 5) is 8.11. The monoisotopic (exact) mass is 183 g/mol. The summed E-state index contributed by atoms with van der Waals surface area (Å²) in [6.45, 7) is 0.313. The number of ether oxygens (including phenoxy) is 2. The minimum absolute atomic E-state index is 0.313. The van der Waals surface area contributed by atoms with E-state index in [0.717, 1.165) is 0 Å². The van der Waals surface area contributed by atoms with Gasteiger partial charge >= 0.3 is 0 Å². The highest BCUT2D eigenvalue weighted by Crippen LogP contribution is 2.13. The van der Waals surface area contributed by atoms with E-state index in [2.05, 4.69) is 9.97 Å².